The van der Waals surface area contributed by atoms with Crippen molar-refractivity contribution < 1.29 is 9.90 Å². The molecule has 0 fully saturated rings. The molecule has 0 spiro atoms. The summed E-state index contributed by atoms with van der Waals surface area (Å²) in [5, 5.41) is 14.6. The van der Waals surface area contributed by atoms with Crippen LogP contribution in [0, 0.1) is 0 Å². The fourth-order valence-corrected chi connectivity index (χ4v) is 2.60. The van der Waals surface area contributed by atoms with Crippen molar-refractivity contribution in [2.45, 2.75) is 0 Å². The first-order valence-corrected chi connectivity index (χ1v) is 7.18. The number of aromatic hydroxyl groups is 1. The van der Waals surface area contributed by atoms with Crippen LogP contribution in [-0.4, -0.2) is 21.0 Å². The number of phenols is 1. The van der Waals surface area contributed by atoms with Gasteiger partial charge in [0.15, 0.2) is 0 Å². The molecule has 23 heavy (non-hydrogen) atoms. The number of rotatable bonds is 2. The molecular formula is C18H13N3O2. The van der Waals surface area contributed by atoms with Crippen LogP contribution in [0.25, 0.3) is 21.8 Å². The fraction of sp³-hybridized carbons (Fsp3) is 0. The maximum atomic E-state index is 12.4. The highest BCUT2D eigenvalue weighted by molar-refractivity contribution is 6.08. The minimum Gasteiger partial charge on any atom is -0.507 e. The lowest BCUT2D eigenvalue weighted by atomic mass is 10.1. The molecule has 4 rings (SSSR count). The number of fused-ring (bicyclic) bond motifs is 2. The van der Waals surface area contributed by atoms with E-state index in [0.29, 0.717) is 5.95 Å². The fourth-order valence-electron chi connectivity index (χ4n) is 2.60. The largest absolute Gasteiger partial charge is 0.507 e. The number of nitrogens with zero attached hydrogens (tertiary/aromatic N) is 1. The second kappa shape index (κ2) is 5.14. The van der Waals surface area contributed by atoms with Crippen LogP contribution in [0.4, 0.5) is 5.95 Å². The molecule has 0 bridgehead atoms. The molecular weight excluding hydrogens is 290 g/mol. The number of carbonyl (C=O) groups excluding carboxylic acids is 1. The van der Waals surface area contributed by atoms with E-state index >= 15 is 0 Å². The predicted molar refractivity (Wildman–Crippen MR) is 89.7 cm³/mol. The highest BCUT2D eigenvalue weighted by Crippen LogP contribution is 2.25. The monoisotopic (exact) mass is 303 g/mol. The first-order valence-electron chi connectivity index (χ1n) is 7.18. The number of hydrogen-bond donors (Lipinski definition) is 3. The van der Waals surface area contributed by atoms with E-state index in [1.807, 2.05) is 48.5 Å². The summed E-state index contributed by atoms with van der Waals surface area (Å²) < 4.78 is 0. The van der Waals surface area contributed by atoms with Crippen molar-refractivity contribution in [1.29, 1.82) is 0 Å². The van der Waals surface area contributed by atoms with Crippen molar-refractivity contribution in [2.75, 3.05) is 5.32 Å². The van der Waals surface area contributed by atoms with Crippen molar-refractivity contribution in [2.24, 2.45) is 0 Å². The van der Waals surface area contributed by atoms with E-state index in [1.54, 1.807) is 12.1 Å². The Bertz CT molecular complexity index is 1000. The highest BCUT2D eigenvalue weighted by atomic mass is 16.3. The van der Waals surface area contributed by atoms with Gasteiger partial charge in [-0.1, -0.05) is 36.4 Å². The van der Waals surface area contributed by atoms with Crippen molar-refractivity contribution in [1.82, 2.24) is 9.97 Å². The number of nitrogens with one attached hydrogen (secondary N) is 2. The lowest BCUT2D eigenvalue weighted by molar-refractivity contribution is 0.102. The summed E-state index contributed by atoms with van der Waals surface area (Å²) in [6.07, 6.45) is 0. The first-order chi connectivity index (χ1) is 11.2. The Kier molecular flexibility index (Phi) is 2.98. The molecule has 0 unspecified atom stereocenters. The number of aromatic nitrogens is 2. The maximum absolute atomic E-state index is 12.4. The molecule has 0 aliphatic rings. The van der Waals surface area contributed by atoms with E-state index in [-0.39, 0.29) is 11.3 Å². The number of para-hydroxylation sites is 2. The van der Waals surface area contributed by atoms with Gasteiger partial charge in [0, 0.05) is 0 Å². The van der Waals surface area contributed by atoms with Gasteiger partial charge in [0.2, 0.25) is 5.95 Å². The summed E-state index contributed by atoms with van der Waals surface area (Å²) >= 11 is 0. The van der Waals surface area contributed by atoms with E-state index in [0.717, 1.165) is 21.8 Å². The first kappa shape index (κ1) is 13.3. The van der Waals surface area contributed by atoms with Crippen molar-refractivity contribution >= 4 is 33.7 Å². The SMILES string of the molecule is O=C(Nc1nc2ccccc2[nH]1)c1cc2ccccc2cc1O. The summed E-state index contributed by atoms with van der Waals surface area (Å²) in [7, 11) is 0. The second-order valence-electron chi connectivity index (χ2n) is 5.27. The van der Waals surface area contributed by atoms with Gasteiger partial charge in [-0.05, 0) is 35.0 Å². The maximum Gasteiger partial charge on any atom is 0.261 e. The number of amides is 1. The number of carbonyl (C=O) groups is 1. The van der Waals surface area contributed by atoms with E-state index in [4.69, 9.17) is 0 Å². The van der Waals surface area contributed by atoms with Crippen LogP contribution in [0.1, 0.15) is 10.4 Å². The predicted octanol–water partition coefficient (Wildman–Crippen LogP) is 3.67. The Morgan fingerprint density at radius 1 is 1.00 bits per heavy atom. The number of hydrogen-bond acceptors (Lipinski definition) is 3. The van der Waals surface area contributed by atoms with Crippen molar-refractivity contribution in [3.63, 3.8) is 0 Å². The van der Waals surface area contributed by atoms with Crippen LogP contribution in [0.15, 0.2) is 60.7 Å². The van der Waals surface area contributed by atoms with Crippen LogP contribution in [0.5, 0.6) is 5.75 Å². The van der Waals surface area contributed by atoms with Gasteiger partial charge in [0.05, 0.1) is 16.6 Å². The van der Waals surface area contributed by atoms with Crippen LogP contribution < -0.4 is 5.32 Å². The number of anilines is 1. The van der Waals surface area contributed by atoms with Gasteiger partial charge in [-0.25, -0.2) is 4.98 Å². The Balaban J connectivity index is 1.69. The Morgan fingerprint density at radius 3 is 2.48 bits per heavy atom. The van der Waals surface area contributed by atoms with Gasteiger partial charge in [-0.3, -0.25) is 10.1 Å². The summed E-state index contributed by atoms with van der Waals surface area (Å²) in [6, 6.07) is 18.3. The van der Waals surface area contributed by atoms with Crippen molar-refractivity contribution in [3.05, 3.63) is 66.2 Å². The van der Waals surface area contributed by atoms with Crippen molar-refractivity contribution in [3.8, 4) is 5.75 Å². The summed E-state index contributed by atoms with van der Waals surface area (Å²) in [5.74, 6) is -0.117. The van der Waals surface area contributed by atoms with Crippen LogP contribution >= 0.6 is 0 Å². The summed E-state index contributed by atoms with van der Waals surface area (Å²) in [6.45, 7) is 0. The molecule has 0 radical (unpaired) electrons. The Morgan fingerprint density at radius 2 is 1.70 bits per heavy atom. The molecule has 0 atom stereocenters. The molecule has 0 aliphatic carbocycles. The topological polar surface area (TPSA) is 78.0 Å². The number of H-pyrrole nitrogens is 1. The van der Waals surface area contributed by atoms with Crippen LogP contribution in [0.2, 0.25) is 0 Å². The smallest absolute Gasteiger partial charge is 0.261 e. The molecule has 3 N–H and O–H groups in total. The molecule has 5 heteroatoms. The average Bonchev–Trinajstić information content (AvgIpc) is 2.96. The van der Waals surface area contributed by atoms with Gasteiger partial charge in [-0.15, -0.1) is 0 Å². The molecule has 3 aromatic carbocycles. The molecule has 5 nitrogen and oxygen atoms in total. The summed E-state index contributed by atoms with van der Waals surface area (Å²) in [4.78, 5) is 19.8. The zero-order valence-corrected chi connectivity index (χ0v) is 12.1. The number of benzene rings is 3. The normalized spacial score (nSPS) is 11.0. The van der Waals surface area contributed by atoms with Gasteiger partial charge in [0.25, 0.3) is 5.91 Å². The third-order valence-electron chi connectivity index (χ3n) is 3.73. The molecule has 1 aromatic heterocycles. The molecule has 4 aromatic rings. The molecule has 0 saturated carbocycles. The van der Waals surface area contributed by atoms with Crippen LogP contribution in [-0.2, 0) is 0 Å². The number of aromatic amines is 1. The lowest BCUT2D eigenvalue weighted by Crippen LogP contribution is -2.13. The molecule has 1 heterocycles. The lowest BCUT2D eigenvalue weighted by Gasteiger charge is -2.06. The standard InChI is InChI=1S/C18H13N3O2/c22-16-10-12-6-2-1-5-11(12)9-13(16)17(23)21-18-19-14-7-3-4-8-15(14)20-18/h1-10,22H,(H2,19,20,21,23). The van der Waals surface area contributed by atoms with E-state index in [9.17, 15) is 9.90 Å². The zero-order valence-electron chi connectivity index (χ0n) is 12.1. The van der Waals surface area contributed by atoms with Gasteiger partial charge in [0.1, 0.15) is 5.75 Å². The second-order valence-corrected chi connectivity index (χ2v) is 5.27. The zero-order chi connectivity index (χ0) is 15.8. The minimum atomic E-state index is -0.410. The van der Waals surface area contributed by atoms with E-state index in [1.165, 1.54) is 0 Å². The average molecular weight is 303 g/mol. The Labute approximate surface area is 131 Å². The number of imidazole rings is 1. The third-order valence-corrected chi connectivity index (χ3v) is 3.73. The quantitative estimate of drug-likeness (QED) is 0.528. The Hall–Kier alpha value is -3.34. The molecule has 112 valence electrons. The minimum absolute atomic E-state index is 0.0580. The summed E-state index contributed by atoms with van der Waals surface area (Å²) in [5.41, 5.74) is 1.82. The molecule has 0 aliphatic heterocycles. The highest BCUT2D eigenvalue weighted by Gasteiger charge is 2.14. The molecule has 0 saturated heterocycles. The van der Waals surface area contributed by atoms with E-state index in [2.05, 4.69) is 15.3 Å². The third kappa shape index (κ3) is 2.38. The van der Waals surface area contributed by atoms with Gasteiger partial charge < -0.3 is 10.1 Å². The van der Waals surface area contributed by atoms with E-state index < -0.39 is 5.91 Å². The molecule has 1 amide bonds. The number of phenolic OH excluding ortho intramolecular Hbond substituents is 1. The van der Waals surface area contributed by atoms with Gasteiger partial charge >= 0.3 is 0 Å². The van der Waals surface area contributed by atoms with Gasteiger partial charge in [-0.2, -0.15) is 0 Å². The van der Waals surface area contributed by atoms with Crippen LogP contribution in [0.3, 0.4) is 0 Å².